The van der Waals surface area contributed by atoms with Crippen molar-refractivity contribution in [3.8, 4) is 0 Å². The molecule has 1 aliphatic rings. The van der Waals surface area contributed by atoms with Crippen molar-refractivity contribution in [3.05, 3.63) is 36.0 Å². The van der Waals surface area contributed by atoms with Crippen LogP contribution in [0.1, 0.15) is 12.0 Å². The first-order valence-electron chi connectivity index (χ1n) is 6.68. The van der Waals surface area contributed by atoms with Crippen LogP contribution < -0.4 is 10.6 Å². The summed E-state index contributed by atoms with van der Waals surface area (Å²) in [5.41, 5.74) is 9.18. The van der Waals surface area contributed by atoms with Crippen LogP contribution in [0.15, 0.2) is 30.5 Å². The summed E-state index contributed by atoms with van der Waals surface area (Å²) in [4.78, 5) is 6.79. The molecule has 1 aromatic heterocycles. The average molecular weight is 257 g/mol. The highest BCUT2D eigenvalue weighted by molar-refractivity contribution is 5.93. The predicted molar refractivity (Wildman–Crippen MR) is 77.3 cm³/mol. The summed E-state index contributed by atoms with van der Waals surface area (Å²) in [5.74, 6) is 0. The molecule has 1 fully saturated rings. The monoisotopic (exact) mass is 257 g/mol. The third-order valence-corrected chi connectivity index (χ3v) is 3.85. The molecule has 4 heteroatoms. The minimum Gasteiger partial charge on any atom is -0.379 e. The zero-order chi connectivity index (χ0) is 13.2. The molecular weight excluding hydrogens is 238 g/mol. The van der Waals surface area contributed by atoms with E-state index in [0.29, 0.717) is 12.6 Å². The van der Waals surface area contributed by atoms with Crippen molar-refractivity contribution in [1.29, 1.82) is 0 Å². The van der Waals surface area contributed by atoms with Crippen molar-refractivity contribution in [2.45, 2.75) is 19.0 Å². The summed E-state index contributed by atoms with van der Waals surface area (Å²) in [6.07, 6.45) is 2.96. The van der Waals surface area contributed by atoms with E-state index in [2.05, 4.69) is 23.0 Å². The number of rotatable bonds is 3. The SMILES string of the molecule is CN(c1c(CN)cnc2ccccc12)C1CCOC1. The number of likely N-dealkylation sites (N-methyl/N-ethyl adjacent to an activating group) is 1. The number of hydrogen-bond donors (Lipinski definition) is 1. The van der Waals surface area contributed by atoms with Gasteiger partial charge in [0, 0.05) is 37.3 Å². The largest absolute Gasteiger partial charge is 0.379 e. The first kappa shape index (κ1) is 12.4. The minimum atomic E-state index is 0.427. The standard InChI is InChI=1S/C15H19N3O/c1-18(12-6-7-19-10-12)15-11(8-16)9-17-14-5-3-2-4-13(14)15/h2-5,9,12H,6-8,10,16H2,1H3. The lowest BCUT2D eigenvalue weighted by Gasteiger charge is -2.28. The van der Waals surface area contributed by atoms with E-state index in [4.69, 9.17) is 10.5 Å². The van der Waals surface area contributed by atoms with Crippen LogP contribution in [0.3, 0.4) is 0 Å². The Bertz CT molecular complexity index is 579. The summed E-state index contributed by atoms with van der Waals surface area (Å²) in [6.45, 7) is 2.14. The number of fused-ring (bicyclic) bond motifs is 1. The summed E-state index contributed by atoms with van der Waals surface area (Å²) < 4.78 is 5.50. The van der Waals surface area contributed by atoms with Crippen LogP contribution in [0.5, 0.6) is 0 Å². The van der Waals surface area contributed by atoms with Gasteiger partial charge in [-0.05, 0) is 12.5 Å². The maximum atomic E-state index is 5.88. The minimum absolute atomic E-state index is 0.427. The maximum Gasteiger partial charge on any atom is 0.0723 e. The van der Waals surface area contributed by atoms with Crippen molar-refractivity contribution in [2.75, 3.05) is 25.2 Å². The Morgan fingerprint density at radius 3 is 3.00 bits per heavy atom. The Kier molecular flexibility index (Phi) is 3.36. The Labute approximate surface area is 113 Å². The van der Waals surface area contributed by atoms with Gasteiger partial charge >= 0.3 is 0 Å². The summed E-state index contributed by atoms with van der Waals surface area (Å²) in [6, 6.07) is 8.64. The van der Waals surface area contributed by atoms with Gasteiger partial charge in [-0.15, -0.1) is 0 Å². The predicted octanol–water partition coefficient (Wildman–Crippen LogP) is 1.92. The number of anilines is 1. The number of aromatic nitrogens is 1. The van der Waals surface area contributed by atoms with Crippen LogP contribution in [0, 0.1) is 0 Å². The Morgan fingerprint density at radius 1 is 1.42 bits per heavy atom. The van der Waals surface area contributed by atoms with Gasteiger partial charge in [-0.1, -0.05) is 18.2 Å². The molecule has 0 aliphatic carbocycles. The molecule has 19 heavy (non-hydrogen) atoms. The van der Waals surface area contributed by atoms with E-state index in [9.17, 15) is 0 Å². The van der Waals surface area contributed by atoms with E-state index in [-0.39, 0.29) is 0 Å². The van der Waals surface area contributed by atoms with E-state index in [1.807, 2.05) is 24.4 Å². The van der Waals surface area contributed by atoms with E-state index in [1.165, 1.54) is 11.1 Å². The molecule has 4 nitrogen and oxygen atoms in total. The molecule has 0 amide bonds. The van der Waals surface area contributed by atoms with Gasteiger partial charge in [-0.2, -0.15) is 0 Å². The van der Waals surface area contributed by atoms with Gasteiger partial charge in [0.2, 0.25) is 0 Å². The molecule has 0 bridgehead atoms. The lowest BCUT2D eigenvalue weighted by Crippen LogP contribution is -2.33. The second kappa shape index (κ2) is 5.15. The number of pyridine rings is 1. The van der Waals surface area contributed by atoms with Crippen molar-refractivity contribution >= 4 is 16.6 Å². The smallest absolute Gasteiger partial charge is 0.0723 e. The van der Waals surface area contributed by atoms with Crippen molar-refractivity contribution in [1.82, 2.24) is 4.98 Å². The highest BCUT2D eigenvalue weighted by Gasteiger charge is 2.23. The quantitative estimate of drug-likeness (QED) is 0.912. The van der Waals surface area contributed by atoms with Gasteiger partial charge in [0.1, 0.15) is 0 Å². The Hall–Kier alpha value is -1.65. The fourth-order valence-corrected chi connectivity index (χ4v) is 2.74. The first-order valence-corrected chi connectivity index (χ1v) is 6.68. The maximum absolute atomic E-state index is 5.88. The molecule has 100 valence electrons. The lowest BCUT2D eigenvalue weighted by atomic mass is 10.1. The molecule has 1 aromatic carbocycles. The highest BCUT2D eigenvalue weighted by Crippen LogP contribution is 2.31. The lowest BCUT2D eigenvalue weighted by molar-refractivity contribution is 0.193. The van der Waals surface area contributed by atoms with Gasteiger partial charge in [0.15, 0.2) is 0 Å². The van der Waals surface area contributed by atoms with Crippen LogP contribution >= 0.6 is 0 Å². The fourth-order valence-electron chi connectivity index (χ4n) is 2.74. The molecule has 2 N–H and O–H groups in total. The molecule has 0 radical (unpaired) electrons. The zero-order valence-corrected chi connectivity index (χ0v) is 11.2. The normalized spacial score (nSPS) is 18.9. The molecule has 1 aliphatic heterocycles. The molecule has 1 unspecified atom stereocenters. The Balaban J connectivity index is 2.13. The second-order valence-corrected chi connectivity index (χ2v) is 4.98. The van der Waals surface area contributed by atoms with E-state index in [0.717, 1.165) is 30.7 Å². The van der Waals surface area contributed by atoms with E-state index >= 15 is 0 Å². The number of nitrogens with zero attached hydrogens (tertiary/aromatic N) is 2. The molecule has 2 heterocycles. The van der Waals surface area contributed by atoms with Crippen molar-refractivity contribution in [2.24, 2.45) is 5.73 Å². The highest BCUT2D eigenvalue weighted by atomic mass is 16.5. The van der Waals surface area contributed by atoms with Crippen molar-refractivity contribution in [3.63, 3.8) is 0 Å². The summed E-state index contributed by atoms with van der Waals surface area (Å²) >= 11 is 0. The molecule has 1 atom stereocenters. The van der Waals surface area contributed by atoms with Gasteiger partial charge in [0.25, 0.3) is 0 Å². The molecule has 2 aromatic rings. The van der Waals surface area contributed by atoms with Gasteiger partial charge in [-0.3, -0.25) is 4.98 Å². The third kappa shape index (κ3) is 2.17. The van der Waals surface area contributed by atoms with Crippen LogP contribution in [0.25, 0.3) is 10.9 Å². The van der Waals surface area contributed by atoms with Gasteiger partial charge in [-0.25, -0.2) is 0 Å². The summed E-state index contributed by atoms with van der Waals surface area (Å²) in [7, 11) is 2.13. The van der Waals surface area contributed by atoms with Gasteiger partial charge in [0.05, 0.1) is 23.9 Å². The molecule has 0 saturated carbocycles. The summed E-state index contributed by atoms with van der Waals surface area (Å²) in [5, 5.41) is 1.17. The fraction of sp³-hybridized carbons (Fsp3) is 0.400. The molecular formula is C15H19N3O. The molecule has 1 saturated heterocycles. The van der Waals surface area contributed by atoms with Crippen LogP contribution in [-0.4, -0.2) is 31.3 Å². The van der Waals surface area contributed by atoms with E-state index in [1.54, 1.807) is 0 Å². The molecule has 0 spiro atoms. The third-order valence-electron chi connectivity index (χ3n) is 3.85. The molecule has 3 rings (SSSR count). The number of ether oxygens (including phenoxy) is 1. The Morgan fingerprint density at radius 2 is 2.26 bits per heavy atom. The van der Waals surface area contributed by atoms with Crippen LogP contribution in [0.2, 0.25) is 0 Å². The van der Waals surface area contributed by atoms with E-state index < -0.39 is 0 Å². The van der Waals surface area contributed by atoms with Crippen LogP contribution in [0.4, 0.5) is 5.69 Å². The zero-order valence-electron chi connectivity index (χ0n) is 11.2. The second-order valence-electron chi connectivity index (χ2n) is 4.98. The number of benzene rings is 1. The van der Waals surface area contributed by atoms with Crippen LogP contribution in [-0.2, 0) is 11.3 Å². The number of nitrogens with two attached hydrogens (primary N) is 1. The number of para-hydroxylation sites is 1. The van der Waals surface area contributed by atoms with Crippen molar-refractivity contribution < 1.29 is 4.74 Å². The average Bonchev–Trinajstić information content (AvgIpc) is 2.99. The van der Waals surface area contributed by atoms with Gasteiger partial charge < -0.3 is 15.4 Å². The topological polar surface area (TPSA) is 51.4 Å². The number of hydrogen-bond acceptors (Lipinski definition) is 4. The first-order chi connectivity index (χ1) is 9.31.